The number of carbonyl (C=O) groups excluding carboxylic acids is 2. The van der Waals surface area contributed by atoms with Crippen LogP contribution in [0.15, 0.2) is 48.5 Å². The maximum absolute atomic E-state index is 12.2. The number of rotatable bonds is 6. The van der Waals surface area contributed by atoms with E-state index in [1.165, 1.54) is 0 Å². The zero-order valence-corrected chi connectivity index (χ0v) is 14.8. The lowest BCUT2D eigenvalue weighted by molar-refractivity contribution is -0.127. The largest absolute Gasteiger partial charge is 0.352 e. The van der Waals surface area contributed by atoms with Crippen molar-refractivity contribution in [3.05, 3.63) is 70.2 Å². The first kappa shape index (κ1) is 17.5. The fourth-order valence-corrected chi connectivity index (χ4v) is 2.97. The van der Waals surface area contributed by atoms with Gasteiger partial charge in [-0.1, -0.05) is 53.6 Å². The predicted molar refractivity (Wildman–Crippen MR) is 97.9 cm³/mol. The van der Waals surface area contributed by atoms with Crippen LogP contribution in [0.5, 0.6) is 0 Å². The van der Waals surface area contributed by atoms with Crippen molar-refractivity contribution < 1.29 is 9.59 Å². The Morgan fingerprint density at radius 3 is 2.16 bits per heavy atom. The van der Waals surface area contributed by atoms with E-state index in [2.05, 4.69) is 10.6 Å². The van der Waals surface area contributed by atoms with Gasteiger partial charge in [-0.2, -0.15) is 0 Å². The maximum Gasteiger partial charge on any atom is 0.224 e. The average Bonchev–Trinajstić information content (AvgIpc) is 3.40. The molecule has 5 heteroatoms. The van der Waals surface area contributed by atoms with E-state index >= 15 is 0 Å². The molecule has 1 aliphatic carbocycles. The van der Waals surface area contributed by atoms with Crippen molar-refractivity contribution in [1.82, 2.24) is 10.6 Å². The molecule has 2 aromatic rings. The maximum atomic E-state index is 12.2. The van der Waals surface area contributed by atoms with Crippen LogP contribution in [0, 0.1) is 18.8 Å². The van der Waals surface area contributed by atoms with Crippen LogP contribution in [0.4, 0.5) is 0 Å². The standard InChI is InChI=1S/C20H21ClN2O2/c1-13-3-2-4-15(9-13)12-23-20(25)18-10-17(18)19(24)22-11-14-5-7-16(21)8-6-14/h2-9,17-18H,10-12H2,1H3,(H,22,24)(H,23,25). The molecule has 3 rings (SSSR count). The summed E-state index contributed by atoms with van der Waals surface area (Å²) in [6, 6.07) is 15.4. The second-order valence-electron chi connectivity index (χ2n) is 6.50. The summed E-state index contributed by atoms with van der Waals surface area (Å²) in [5, 5.41) is 6.47. The first-order valence-electron chi connectivity index (χ1n) is 8.38. The van der Waals surface area contributed by atoms with Gasteiger partial charge in [0, 0.05) is 18.1 Å². The minimum atomic E-state index is -0.218. The van der Waals surface area contributed by atoms with Gasteiger partial charge < -0.3 is 10.6 Å². The number of hydrogen-bond donors (Lipinski definition) is 2. The van der Waals surface area contributed by atoms with Gasteiger partial charge in [0.25, 0.3) is 0 Å². The van der Waals surface area contributed by atoms with Crippen molar-refractivity contribution in [3.63, 3.8) is 0 Å². The molecule has 0 radical (unpaired) electrons. The number of benzene rings is 2. The molecular weight excluding hydrogens is 336 g/mol. The molecule has 0 saturated heterocycles. The van der Waals surface area contributed by atoms with Crippen LogP contribution in [-0.2, 0) is 22.7 Å². The lowest BCUT2D eigenvalue weighted by Crippen LogP contribution is -2.29. The van der Waals surface area contributed by atoms with Crippen molar-refractivity contribution in [2.75, 3.05) is 0 Å². The minimum Gasteiger partial charge on any atom is -0.352 e. The fourth-order valence-electron chi connectivity index (χ4n) is 2.84. The molecule has 1 saturated carbocycles. The topological polar surface area (TPSA) is 58.2 Å². The highest BCUT2D eigenvalue weighted by atomic mass is 35.5. The van der Waals surface area contributed by atoms with E-state index in [0.717, 1.165) is 16.7 Å². The van der Waals surface area contributed by atoms with Crippen molar-refractivity contribution >= 4 is 23.4 Å². The molecule has 2 unspecified atom stereocenters. The fraction of sp³-hybridized carbons (Fsp3) is 0.300. The molecule has 4 nitrogen and oxygen atoms in total. The number of carbonyl (C=O) groups is 2. The van der Waals surface area contributed by atoms with Gasteiger partial charge in [-0.15, -0.1) is 0 Å². The molecule has 0 aromatic heterocycles. The van der Waals surface area contributed by atoms with E-state index in [0.29, 0.717) is 24.5 Å². The van der Waals surface area contributed by atoms with E-state index in [9.17, 15) is 9.59 Å². The third-order valence-electron chi connectivity index (χ3n) is 4.39. The van der Waals surface area contributed by atoms with Gasteiger partial charge in [-0.25, -0.2) is 0 Å². The van der Waals surface area contributed by atoms with Gasteiger partial charge in [-0.05, 0) is 36.6 Å². The van der Waals surface area contributed by atoms with Crippen molar-refractivity contribution in [2.45, 2.75) is 26.4 Å². The summed E-state index contributed by atoms with van der Waals surface area (Å²) in [6.45, 7) is 2.97. The van der Waals surface area contributed by atoms with E-state index in [1.807, 2.05) is 43.3 Å². The molecular formula is C20H21ClN2O2. The second kappa shape index (κ2) is 7.70. The highest BCUT2D eigenvalue weighted by molar-refractivity contribution is 6.30. The molecule has 1 fully saturated rings. The summed E-state index contributed by atoms with van der Waals surface area (Å²) < 4.78 is 0. The van der Waals surface area contributed by atoms with Gasteiger partial charge in [-0.3, -0.25) is 9.59 Å². The summed E-state index contributed by atoms with van der Waals surface area (Å²) in [6.07, 6.45) is 0.617. The lowest BCUT2D eigenvalue weighted by atomic mass is 10.1. The minimum absolute atomic E-state index is 0.0480. The smallest absolute Gasteiger partial charge is 0.224 e. The van der Waals surface area contributed by atoms with Gasteiger partial charge in [0.15, 0.2) is 0 Å². The Balaban J connectivity index is 1.42. The van der Waals surface area contributed by atoms with E-state index < -0.39 is 0 Å². The molecule has 2 aromatic carbocycles. The normalized spacial score (nSPS) is 18.5. The average molecular weight is 357 g/mol. The molecule has 2 atom stereocenters. The van der Waals surface area contributed by atoms with Crippen LogP contribution >= 0.6 is 11.6 Å². The number of aryl methyl sites for hydroxylation is 1. The summed E-state index contributed by atoms with van der Waals surface area (Å²) in [7, 11) is 0. The molecule has 2 amide bonds. The second-order valence-corrected chi connectivity index (χ2v) is 6.94. The lowest BCUT2D eigenvalue weighted by Gasteiger charge is -2.07. The van der Waals surface area contributed by atoms with Crippen molar-refractivity contribution in [3.8, 4) is 0 Å². The highest BCUT2D eigenvalue weighted by Crippen LogP contribution is 2.38. The van der Waals surface area contributed by atoms with Gasteiger partial charge >= 0.3 is 0 Å². The van der Waals surface area contributed by atoms with Crippen LogP contribution in [0.1, 0.15) is 23.1 Å². The van der Waals surface area contributed by atoms with Gasteiger partial charge in [0.1, 0.15) is 0 Å². The first-order valence-corrected chi connectivity index (χ1v) is 8.76. The van der Waals surface area contributed by atoms with Gasteiger partial charge in [0.2, 0.25) is 11.8 Å². The summed E-state index contributed by atoms with van der Waals surface area (Å²) in [4.78, 5) is 24.3. The number of amides is 2. The Hall–Kier alpha value is -2.33. The summed E-state index contributed by atoms with van der Waals surface area (Å²) in [5.41, 5.74) is 3.22. The third kappa shape index (κ3) is 4.83. The molecule has 130 valence electrons. The number of hydrogen-bond acceptors (Lipinski definition) is 2. The molecule has 0 spiro atoms. The predicted octanol–water partition coefficient (Wildman–Crippen LogP) is 3.22. The van der Waals surface area contributed by atoms with E-state index in [4.69, 9.17) is 11.6 Å². The monoisotopic (exact) mass is 356 g/mol. The Bertz CT molecular complexity index is 774. The quantitative estimate of drug-likeness (QED) is 0.835. The first-order chi connectivity index (χ1) is 12.0. The molecule has 0 heterocycles. The van der Waals surface area contributed by atoms with Crippen LogP contribution < -0.4 is 10.6 Å². The van der Waals surface area contributed by atoms with Crippen LogP contribution in [0.2, 0.25) is 5.02 Å². The third-order valence-corrected chi connectivity index (χ3v) is 4.65. The number of halogens is 1. The Labute approximate surface area is 152 Å². The van der Waals surface area contributed by atoms with Crippen molar-refractivity contribution in [1.29, 1.82) is 0 Å². The Kier molecular flexibility index (Phi) is 5.39. The van der Waals surface area contributed by atoms with Crippen LogP contribution in [-0.4, -0.2) is 11.8 Å². The van der Waals surface area contributed by atoms with E-state index in [1.54, 1.807) is 12.1 Å². The molecule has 25 heavy (non-hydrogen) atoms. The zero-order chi connectivity index (χ0) is 17.8. The van der Waals surface area contributed by atoms with Crippen LogP contribution in [0.3, 0.4) is 0 Å². The summed E-state index contributed by atoms with van der Waals surface area (Å²) in [5.74, 6) is -0.543. The zero-order valence-electron chi connectivity index (χ0n) is 14.1. The molecule has 2 N–H and O–H groups in total. The number of nitrogens with one attached hydrogen (secondary N) is 2. The molecule has 1 aliphatic rings. The van der Waals surface area contributed by atoms with Gasteiger partial charge in [0.05, 0.1) is 11.8 Å². The highest BCUT2D eigenvalue weighted by Gasteiger charge is 2.47. The summed E-state index contributed by atoms with van der Waals surface area (Å²) >= 11 is 5.84. The Morgan fingerprint density at radius 2 is 1.56 bits per heavy atom. The van der Waals surface area contributed by atoms with E-state index in [-0.39, 0.29) is 23.7 Å². The van der Waals surface area contributed by atoms with Crippen LogP contribution in [0.25, 0.3) is 0 Å². The molecule has 0 bridgehead atoms. The Morgan fingerprint density at radius 1 is 0.960 bits per heavy atom. The SMILES string of the molecule is Cc1cccc(CNC(=O)C2CC2C(=O)NCc2ccc(Cl)cc2)c1. The van der Waals surface area contributed by atoms with Crippen molar-refractivity contribution in [2.24, 2.45) is 11.8 Å². The molecule has 0 aliphatic heterocycles.